The molecule has 0 amide bonds. The Kier molecular flexibility index (Phi) is 6.58. The highest BCUT2D eigenvalue weighted by atomic mass is 32.2. The first kappa shape index (κ1) is 25.1. The van der Waals surface area contributed by atoms with Crippen molar-refractivity contribution in [2.45, 2.75) is 43.5 Å². The SMILES string of the molecule is COc1ccc(C2C3=C(CC(C)(C)CC3=O)Nc3nc(SCc4ccccc4F)[nH]c(=O)c32)cc1OC. The van der Waals surface area contributed by atoms with E-state index in [9.17, 15) is 14.0 Å². The minimum absolute atomic E-state index is 0.00147. The first-order valence-corrected chi connectivity index (χ1v) is 12.9. The molecule has 192 valence electrons. The van der Waals surface area contributed by atoms with E-state index in [2.05, 4.69) is 24.1 Å². The lowest BCUT2D eigenvalue weighted by Gasteiger charge is -2.38. The van der Waals surface area contributed by atoms with Crippen LogP contribution in [0.1, 0.15) is 49.3 Å². The summed E-state index contributed by atoms with van der Waals surface area (Å²) < 4.78 is 25.0. The van der Waals surface area contributed by atoms with Gasteiger partial charge in [-0.3, -0.25) is 9.59 Å². The maximum absolute atomic E-state index is 14.1. The summed E-state index contributed by atoms with van der Waals surface area (Å²) in [6, 6.07) is 11.9. The average molecular weight is 522 g/mol. The molecule has 0 saturated heterocycles. The number of anilines is 1. The Morgan fingerprint density at radius 3 is 2.57 bits per heavy atom. The van der Waals surface area contributed by atoms with E-state index in [0.29, 0.717) is 57.8 Å². The lowest BCUT2D eigenvalue weighted by Crippen LogP contribution is -2.37. The number of allylic oxidation sites excluding steroid dienone is 2. The van der Waals surface area contributed by atoms with Crippen molar-refractivity contribution < 1.29 is 18.7 Å². The number of nitrogens with zero attached hydrogens (tertiary/aromatic N) is 1. The van der Waals surface area contributed by atoms with Gasteiger partial charge in [0.1, 0.15) is 11.6 Å². The number of aromatic nitrogens is 2. The molecule has 2 heterocycles. The third-order valence-corrected chi connectivity index (χ3v) is 7.69. The van der Waals surface area contributed by atoms with Crippen molar-refractivity contribution in [3.63, 3.8) is 0 Å². The van der Waals surface area contributed by atoms with Crippen LogP contribution in [0.2, 0.25) is 0 Å². The van der Waals surface area contributed by atoms with Crippen LogP contribution in [0.4, 0.5) is 10.2 Å². The zero-order valence-electron chi connectivity index (χ0n) is 21.1. The molecule has 1 aromatic heterocycles. The predicted octanol–water partition coefficient (Wildman–Crippen LogP) is 5.42. The first-order valence-electron chi connectivity index (χ1n) is 12.0. The van der Waals surface area contributed by atoms with Crippen molar-refractivity contribution in [3.8, 4) is 11.5 Å². The fourth-order valence-electron chi connectivity index (χ4n) is 5.09. The zero-order valence-corrected chi connectivity index (χ0v) is 21.9. The number of carbonyl (C=O) groups is 1. The number of carbonyl (C=O) groups excluding carboxylic acids is 1. The number of H-pyrrole nitrogens is 1. The van der Waals surface area contributed by atoms with Crippen LogP contribution in [0, 0.1) is 11.2 Å². The number of hydrogen-bond donors (Lipinski definition) is 2. The quantitative estimate of drug-likeness (QED) is 0.331. The van der Waals surface area contributed by atoms with Gasteiger partial charge in [-0.2, -0.15) is 0 Å². The molecular weight excluding hydrogens is 493 g/mol. The Balaban J connectivity index is 1.61. The maximum atomic E-state index is 14.1. The predicted molar refractivity (Wildman–Crippen MR) is 141 cm³/mol. The number of methoxy groups -OCH3 is 2. The Hall–Kier alpha value is -3.59. The van der Waals surface area contributed by atoms with E-state index in [1.165, 1.54) is 17.8 Å². The number of hydrogen-bond acceptors (Lipinski definition) is 7. The van der Waals surface area contributed by atoms with Crippen LogP contribution < -0.4 is 20.3 Å². The highest BCUT2D eigenvalue weighted by molar-refractivity contribution is 7.98. The number of aromatic amines is 1. The van der Waals surface area contributed by atoms with E-state index < -0.39 is 5.92 Å². The molecule has 0 saturated carbocycles. The lowest BCUT2D eigenvalue weighted by atomic mass is 9.69. The molecule has 0 spiro atoms. The van der Waals surface area contributed by atoms with Gasteiger partial charge in [0.15, 0.2) is 22.4 Å². The molecule has 2 N–H and O–H groups in total. The number of fused-ring (bicyclic) bond motifs is 1. The van der Waals surface area contributed by atoms with Gasteiger partial charge in [0.2, 0.25) is 0 Å². The number of ether oxygens (including phenoxy) is 2. The van der Waals surface area contributed by atoms with Crippen molar-refractivity contribution in [1.29, 1.82) is 0 Å². The topological polar surface area (TPSA) is 93.3 Å². The van der Waals surface area contributed by atoms with Gasteiger partial charge in [-0.15, -0.1) is 0 Å². The van der Waals surface area contributed by atoms with Crippen molar-refractivity contribution in [1.82, 2.24) is 9.97 Å². The second kappa shape index (κ2) is 9.70. The standard InChI is InChI=1S/C28H28FN3O4S/c1-28(2)12-18-23(19(33)13-28)22(15-9-10-20(35-3)21(11-15)36-4)24-25(30-18)31-27(32-26(24)34)37-14-16-7-5-6-8-17(16)29/h5-11,22H,12-14H2,1-4H3,(H2,30,31,32,34). The molecule has 3 aromatic rings. The molecule has 2 aliphatic rings. The van der Waals surface area contributed by atoms with Crippen molar-refractivity contribution in [2.75, 3.05) is 19.5 Å². The van der Waals surface area contributed by atoms with Crippen molar-refractivity contribution in [3.05, 3.63) is 86.6 Å². The van der Waals surface area contributed by atoms with Gasteiger partial charge < -0.3 is 19.8 Å². The molecule has 2 aromatic carbocycles. The Morgan fingerprint density at radius 2 is 1.84 bits per heavy atom. The first-order chi connectivity index (χ1) is 17.7. The van der Waals surface area contributed by atoms with Crippen molar-refractivity contribution in [2.24, 2.45) is 5.41 Å². The molecule has 1 atom stereocenters. The normalized spacial score (nSPS) is 18.1. The molecule has 0 radical (unpaired) electrons. The van der Waals surface area contributed by atoms with Crippen LogP contribution in [0.5, 0.6) is 11.5 Å². The summed E-state index contributed by atoms with van der Waals surface area (Å²) in [5, 5.41) is 3.68. The number of Topliss-reactive ketones (excluding diaryl/α,β-unsaturated/α-hetero) is 1. The van der Waals surface area contributed by atoms with Crippen LogP contribution in [0.25, 0.3) is 0 Å². The Bertz CT molecular complexity index is 1480. The highest BCUT2D eigenvalue weighted by Gasteiger charge is 2.42. The van der Waals surface area contributed by atoms with Crippen LogP contribution in [-0.2, 0) is 10.5 Å². The minimum atomic E-state index is -0.614. The van der Waals surface area contributed by atoms with Crippen LogP contribution in [0.15, 0.2) is 63.7 Å². The fraction of sp³-hybridized carbons (Fsp3) is 0.321. The smallest absolute Gasteiger partial charge is 0.257 e. The third kappa shape index (κ3) is 4.75. The van der Waals surface area contributed by atoms with E-state index in [4.69, 9.17) is 14.5 Å². The third-order valence-electron chi connectivity index (χ3n) is 6.76. The number of ketones is 1. The Morgan fingerprint density at radius 1 is 1.08 bits per heavy atom. The minimum Gasteiger partial charge on any atom is -0.493 e. The molecule has 5 rings (SSSR count). The number of thioether (sulfide) groups is 1. The number of benzene rings is 2. The largest absolute Gasteiger partial charge is 0.493 e. The summed E-state index contributed by atoms with van der Waals surface area (Å²) in [6.07, 6.45) is 1.03. The summed E-state index contributed by atoms with van der Waals surface area (Å²) in [4.78, 5) is 34.5. The molecule has 0 bridgehead atoms. The molecule has 1 aliphatic carbocycles. The summed E-state index contributed by atoms with van der Waals surface area (Å²) in [5.74, 6) is 0.860. The van der Waals surface area contributed by atoms with E-state index in [-0.39, 0.29) is 22.6 Å². The molecule has 1 unspecified atom stereocenters. The molecule has 1 aliphatic heterocycles. The van der Waals surface area contributed by atoms with E-state index >= 15 is 0 Å². The summed E-state index contributed by atoms with van der Waals surface area (Å²) in [5.41, 5.74) is 2.40. The van der Waals surface area contributed by atoms with Gasteiger partial charge >= 0.3 is 0 Å². The molecule has 9 heteroatoms. The van der Waals surface area contributed by atoms with E-state index in [1.54, 1.807) is 44.6 Å². The van der Waals surface area contributed by atoms with Gasteiger partial charge in [-0.1, -0.05) is 49.9 Å². The Labute approximate surface area is 218 Å². The van der Waals surface area contributed by atoms with Gasteiger partial charge in [0.05, 0.1) is 19.8 Å². The maximum Gasteiger partial charge on any atom is 0.257 e. The molecular formula is C28H28FN3O4S. The van der Waals surface area contributed by atoms with Crippen LogP contribution in [-0.4, -0.2) is 30.0 Å². The average Bonchev–Trinajstić information content (AvgIpc) is 2.85. The van der Waals surface area contributed by atoms with Crippen molar-refractivity contribution >= 4 is 23.4 Å². The van der Waals surface area contributed by atoms with Gasteiger partial charge in [0, 0.05) is 29.4 Å². The highest BCUT2D eigenvalue weighted by Crippen LogP contribution is 2.48. The summed E-state index contributed by atoms with van der Waals surface area (Å²) in [7, 11) is 3.10. The lowest BCUT2D eigenvalue weighted by molar-refractivity contribution is -0.118. The van der Waals surface area contributed by atoms with Crippen LogP contribution in [0.3, 0.4) is 0 Å². The molecule has 7 nitrogen and oxygen atoms in total. The second-order valence-electron chi connectivity index (χ2n) is 10.0. The second-order valence-corrected chi connectivity index (χ2v) is 11.0. The molecule has 37 heavy (non-hydrogen) atoms. The van der Waals surface area contributed by atoms with E-state index in [0.717, 1.165) is 11.3 Å². The van der Waals surface area contributed by atoms with Gasteiger partial charge in [-0.25, -0.2) is 9.37 Å². The number of rotatable bonds is 6. The zero-order chi connectivity index (χ0) is 26.3. The fourth-order valence-corrected chi connectivity index (χ4v) is 5.94. The number of halogens is 1. The summed E-state index contributed by atoms with van der Waals surface area (Å²) >= 11 is 1.25. The van der Waals surface area contributed by atoms with Crippen LogP contribution >= 0.6 is 11.8 Å². The number of nitrogens with one attached hydrogen (secondary N) is 2. The van der Waals surface area contributed by atoms with Gasteiger partial charge in [-0.05, 0) is 41.2 Å². The summed E-state index contributed by atoms with van der Waals surface area (Å²) in [6.45, 7) is 4.11. The monoisotopic (exact) mass is 521 g/mol. The van der Waals surface area contributed by atoms with E-state index in [1.807, 2.05) is 6.07 Å². The molecule has 0 fully saturated rings. The van der Waals surface area contributed by atoms with Gasteiger partial charge in [0.25, 0.3) is 5.56 Å².